The SMILES string of the molecule is CC(C)(C)OC(=O)N1CCCC(Cc2ccc(N3C=C(O)N(CC[Si](C)(C)C)S3(=O)=O)c(OCc3ccccc3)c2)C1. The van der Waals surface area contributed by atoms with Crippen molar-refractivity contribution in [2.45, 2.75) is 77.9 Å². The molecule has 1 saturated heterocycles. The van der Waals surface area contributed by atoms with Crippen LogP contribution >= 0.6 is 0 Å². The van der Waals surface area contributed by atoms with Gasteiger partial charge in [0.05, 0.1) is 6.20 Å². The lowest BCUT2D eigenvalue weighted by molar-refractivity contribution is 0.0166. The Bertz CT molecular complexity index is 1390. The number of hydrogen-bond acceptors (Lipinski definition) is 6. The van der Waals surface area contributed by atoms with Gasteiger partial charge < -0.3 is 19.5 Å². The van der Waals surface area contributed by atoms with Crippen molar-refractivity contribution >= 4 is 30.1 Å². The van der Waals surface area contributed by atoms with E-state index >= 15 is 0 Å². The van der Waals surface area contributed by atoms with Crippen LogP contribution in [0.1, 0.15) is 44.7 Å². The Morgan fingerprint density at radius 2 is 1.79 bits per heavy atom. The minimum absolute atomic E-state index is 0.227. The molecule has 0 bridgehead atoms. The third kappa shape index (κ3) is 8.22. The largest absolute Gasteiger partial charge is 0.493 e. The number of benzene rings is 2. The van der Waals surface area contributed by atoms with Crippen molar-refractivity contribution < 1.29 is 27.8 Å². The quantitative estimate of drug-likeness (QED) is 0.323. The number of carbonyl (C=O) groups excluding carboxylic acids is 1. The number of anilines is 1. The Balaban J connectivity index is 1.57. The number of carbonyl (C=O) groups is 1. The number of aliphatic hydroxyl groups is 1. The van der Waals surface area contributed by atoms with Crippen LogP contribution in [0.5, 0.6) is 5.75 Å². The van der Waals surface area contributed by atoms with Crippen LogP contribution in [-0.4, -0.2) is 62.1 Å². The summed E-state index contributed by atoms with van der Waals surface area (Å²) in [5.74, 6) is 0.349. The monoisotopic (exact) mass is 615 g/mol. The molecule has 2 aliphatic rings. The van der Waals surface area contributed by atoms with Gasteiger partial charge in [-0.15, -0.1) is 0 Å². The standard InChI is InChI=1S/C31H45N3O6SSi/c1-31(2,3)40-30(36)32-16-10-13-26(21-32)19-25-14-15-27(28(20-25)39-23-24-11-8-7-9-12-24)34-22-29(35)33(41(34,37)38)17-18-42(4,5)6/h7-9,11-12,14-15,20,22,26,35H,10,13,16-19,21,23H2,1-6H3. The second-order valence-electron chi connectivity index (χ2n) is 13.4. The Labute approximate surface area is 251 Å². The Morgan fingerprint density at radius 1 is 1.07 bits per heavy atom. The maximum absolute atomic E-state index is 13.6. The number of amides is 1. The molecule has 0 radical (unpaired) electrons. The van der Waals surface area contributed by atoms with E-state index in [-0.39, 0.29) is 31.0 Å². The summed E-state index contributed by atoms with van der Waals surface area (Å²) in [5.41, 5.74) is 1.73. The predicted molar refractivity (Wildman–Crippen MR) is 168 cm³/mol. The molecule has 230 valence electrons. The molecule has 1 unspecified atom stereocenters. The lowest BCUT2D eigenvalue weighted by Crippen LogP contribution is -2.43. The molecule has 2 aliphatic heterocycles. The van der Waals surface area contributed by atoms with Crippen LogP contribution in [0.15, 0.2) is 60.6 Å². The van der Waals surface area contributed by atoms with Crippen LogP contribution in [0, 0.1) is 5.92 Å². The molecule has 1 N–H and O–H groups in total. The van der Waals surface area contributed by atoms with Crippen LogP contribution in [0.4, 0.5) is 10.5 Å². The summed E-state index contributed by atoms with van der Waals surface area (Å²) >= 11 is 0. The molecule has 1 amide bonds. The zero-order valence-corrected chi connectivity index (χ0v) is 27.5. The maximum Gasteiger partial charge on any atom is 0.410 e. The van der Waals surface area contributed by atoms with Crippen LogP contribution in [0.2, 0.25) is 25.7 Å². The molecule has 11 heteroatoms. The number of likely N-dealkylation sites (tertiary alicyclic amines) is 1. The number of aliphatic hydroxyl groups excluding tert-OH is 1. The highest BCUT2D eigenvalue weighted by atomic mass is 32.2. The summed E-state index contributed by atoms with van der Waals surface area (Å²) in [6, 6.07) is 15.9. The lowest BCUT2D eigenvalue weighted by atomic mass is 9.91. The molecule has 0 saturated carbocycles. The number of hydrogen-bond donors (Lipinski definition) is 1. The van der Waals surface area contributed by atoms with E-state index < -0.39 is 23.9 Å². The summed E-state index contributed by atoms with van der Waals surface area (Å²) in [7, 11) is -5.57. The third-order valence-corrected chi connectivity index (χ3v) is 10.7. The maximum atomic E-state index is 13.6. The Hall–Kier alpha value is -3.18. The van der Waals surface area contributed by atoms with Crippen LogP contribution in [0.25, 0.3) is 0 Å². The fourth-order valence-electron chi connectivity index (χ4n) is 5.10. The van der Waals surface area contributed by atoms with Gasteiger partial charge in [0.1, 0.15) is 23.6 Å². The molecule has 0 aliphatic carbocycles. The molecule has 2 heterocycles. The van der Waals surface area contributed by atoms with Gasteiger partial charge in [-0.05, 0) is 75.3 Å². The summed E-state index contributed by atoms with van der Waals surface area (Å²) < 4.78 is 41.2. The van der Waals surface area contributed by atoms with Crippen molar-refractivity contribution in [3.63, 3.8) is 0 Å². The molecule has 42 heavy (non-hydrogen) atoms. The number of piperidine rings is 1. The van der Waals surface area contributed by atoms with Crippen LogP contribution < -0.4 is 9.04 Å². The van der Waals surface area contributed by atoms with E-state index in [1.807, 2.05) is 63.2 Å². The molecule has 0 spiro atoms. The first-order chi connectivity index (χ1) is 19.6. The summed E-state index contributed by atoms with van der Waals surface area (Å²) in [6.07, 6.45) is 3.54. The van der Waals surface area contributed by atoms with Gasteiger partial charge in [-0.1, -0.05) is 56.0 Å². The van der Waals surface area contributed by atoms with Gasteiger partial charge in [0.15, 0.2) is 0 Å². The molecule has 2 aromatic rings. The average Bonchev–Trinajstić information content (AvgIpc) is 3.13. The third-order valence-electron chi connectivity index (χ3n) is 7.27. The zero-order valence-electron chi connectivity index (χ0n) is 25.7. The van der Waals surface area contributed by atoms with Gasteiger partial charge in [-0.2, -0.15) is 8.42 Å². The van der Waals surface area contributed by atoms with E-state index in [1.54, 1.807) is 11.0 Å². The zero-order chi connectivity index (χ0) is 30.7. The lowest BCUT2D eigenvalue weighted by Gasteiger charge is -2.34. The normalized spacial score (nSPS) is 19.0. The topological polar surface area (TPSA) is 99.6 Å². The fourth-order valence-corrected chi connectivity index (χ4v) is 7.60. The van der Waals surface area contributed by atoms with Gasteiger partial charge in [-0.3, -0.25) is 0 Å². The molecular weight excluding hydrogens is 571 g/mol. The minimum Gasteiger partial charge on any atom is -0.493 e. The Morgan fingerprint density at radius 3 is 2.45 bits per heavy atom. The van der Waals surface area contributed by atoms with Gasteiger partial charge >= 0.3 is 16.3 Å². The average molecular weight is 616 g/mol. The smallest absolute Gasteiger partial charge is 0.410 e. The molecule has 9 nitrogen and oxygen atoms in total. The van der Waals surface area contributed by atoms with E-state index in [0.29, 0.717) is 30.9 Å². The number of nitrogens with zero attached hydrogens (tertiary/aromatic N) is 3. The van der Waals surface area contributed by atoms with Crippen LogP contribution in [-0.2, 0) is 28.0 Å². The van der Waals surface area contributed by atoms with E-state index in [2.05, 4.69) is 19.6 Å². The van der Waals surface area contributed by atoms with Crippen molar-refractivity contribution in [1.29, 1.82) is 0 Å². The van der Waals surface area contributed by atoms with Gasteiger partial charge in [0.25, 0.3) is 0 Å². The second kappa shape index (κ2) is 12.6. The molecule has 1 fully saturated rings. The molecule has 4 rings (SSSR count). The summed E-state index contributed by atoms with van der Waals surface area (Å²) in [6.45, 7) is 13.9. The highest BCUT2D eigenvalue weighted by Gasteiger charge is 2.39. The summed E-state index contributed by atoms with van der Waals surface area (Å²) in [4.78, 5) is 14.5. The van der Waals surface area contributed by atoms with E-state index in [4.69, 9.17) is 9.47 Å². The molecular formula is C31H45N3O6SSi. The van der Waals surface area contributed by atoms with Crippen molar-refractivity contribution in [3.05, 3.63) is 71.7 Å². The first-order valence-corrected chi connectivity index (χ1v) is 19.7. The van der Waals surface area contributed by atoms with Gasteiger partial charge in [0, 0.05) is 27.7 Å². The highest BCUT2D eigenvalue weighted by molar-refractivity contribution is 7.91. The number of rotatable bonds is 9. The molecule has 2 aromatic carbocycles. The number of ether oxygens (including phenoxy) is 2. The van der Waals surface area contributed by atoms with E-state index in [0.717, 1.165) is 38.6 Å². The van der Waals surface area contributed by atoms with E-state index in [9.17, 15) is 18.3 Å². The van der Waals surface area contributed by atoms with Crippen molar-refractivity contribution in [1.82, 2.24) is 9.21 Å². The molecule has 1 atom stereocenters. The molecule has 0 aromatic heterocycles. The predicted octanol–water partition coefficient (Wildman–Crippen LogP) is 6.52. The minimum atomic E-state index is -4.02. The van der Waals surface area contributed by atoms with Crippen LogP contribution in [0.3, 0.4) is 0 Å². The van der Waals surface area contributed by atoms with Crippen molar-refractivity contribution in [2.75, 3.05) is 23.9 Å². The highest BCUT2D eigenvalue weighted by Crippen LogP contribution is 2.38. The van der Waals surface area contributed by atoms with Crippen molar-refractivity contribution in [3.8, 4) is 5.75 Å². The summed E-state index contributed by atoms with van der Waals surface area (Å²) in [5, 5.41) is 10.7. The van der Waals surface area contributed by atoms with Crippen molar-refractivity contribution in [2.24, 2.45) is 5.92 Å². The van der Waals surface area contributed by atoms with E-state index in [1.165, 1.54) is 6.20 Å². The first-order valence-electron chi connectivity index (χ1n) is 14.6. The van der Waals surface area contributed by atoms with Gasteiger partial charge in [-0.25, -0.2) is 13.4 Å². The second-order valence-corrected chi connectivity index (χ2v) is 20.7. The Kier molecular flexibility index (Phi) is 9.51. The first kappa shape index (κ1) is 31.7. The van der Waals surface area contributed by atoms with Gasteiger partial charge in [0.2, 0.25) is 5.88 Å². The fraction of sp³-hybridized carbons (Fsp3) is 0.516.